The Morgan fingerprint density at radius 1 is 1.20 bits per heavy atom. The molecule has 1 aromatic carbocycles. The molecule has 0 heterocycles. The zero-order valence-corrected chi connectivity index (χ0v) is 17.3. The van der Waals surface area contributed by atoms with E-state index in [9.17, 15) is 17.8 Å². The number of Topliss-reactive ketones (excluding diaryl/α,β-unsaturated/α-hetero) is 1. The SMILES string of the molecule is C[C@]12CCC3=C(CCc4cc(OS(=O)(=O)[O-])ccc43)C1CCC2=O.[Na+]. The van der Waals surface area contributed by atoms with Crippen molar-refractivity contribution in [3.8, 4) is 5.75 Å². The Labute approximate surface area is 170 Å². The summed E-state index contributed by atoms with van der Waals surface area (Å²) >= 11 is 0. The summed E-state index contributed by atoms with van der Waals surface area (Å²) in [6, 6.07) is 5.05. The van der Waals surface area contributed by atoms with Crippen LogP contribution in [0.3, 0.4) is 0 Å². The van der Waals surface area contributed by atoms with Crippen LogP contribution in [0.1, 0.15) is 50.2 Å². The molecule has 0 radical (unpaired) electrons. The van der Waals surface area contributed by atoms with Crippen LogP contribution in [0.2, 0.25) is 0 Å². The standard InChI is InChI=1S/C18H20O5S.Na/c1-18-9-8-14-13-5-3-12(23-24(20,21)22)10-11(13)2-4-15(14)16(18)6-7-17(18)19;/h3,5,10,16H,2,4,6-9H2,1H3,(H,20,21,22);/q;+1/p-1/t16?,18-;/m0./s1. The van der Waals surface area contributed by atoms with Crippen molar-refractivity contribution in [2.45, 2.75) is 45.4 Å². The number of ketones is 1. The molecule has 0 spiro atoms. The molecule has 7 heteroatoms. The number of benzene rings is 1. The molecule has 5 nitrogen and oxygen atoms in total. The minimum Gasteiger partial charge on any atom is -0.716 e. The quantitative estimate of drug-likeness (QED) is 0.416. The second-order valence-electron chi connectivity index (χ2n) is 7.25. The molecule has 0 aromatic heterocycles. The van der Waals surface area contributed by atoms with Crippen molar-refractivity contribution in [1.29, 1.82) is 0 Å². The van der Waals surface area contributed by atoms with Gasteiger partial charge in [-0.25, -0.2) is 8.42 Å². The van der Waals surface area contributed by atoms with Crippen molar-refractivity contribution in [3.05, 3.63) is 34.9 Å². The molecule has 4 rings (SSSR count). The molecule has 0 bridgehead atoms. The van der Waals surface area contributed by atoms with Crippen LogP contribution in [0, 0.1) is 11.3 Å². The summed E-state index contributed by atoms with van der Waals surface area (Å²) in [7, 11) is -4.75. The first kappa shape index (κ1) is 19.1. The van der Waals surface area contributed by atoms with E-state index in [4.69, 9.17) is 0 Å². The number of carbonyl (C=O) groups excluding carboxylic acids is 1. The van der Waals surface area contributed by atoms with E-state index in [0.29, 0.717) is 18.1 Å². The first-order valence-electron chi connectivity index (χ1n) is 8.32. The van der Waals surface area contributed by atoms with Crippen LogP contribution in [0.4, 0.5) is 0 Å². The van der Waals surface area contributed by atoms with Crippen LogP contribution in [-0.2, 0) is 21.6 Å². The molecule has 1 fully saturated rings. The van der Waals surface area contributed by atoms with Crippen LogP contribution >= 0.6 is 0 Å². The summed E-state index contributed by atoms with van der Waals surface area (Å²) in [6.07, 6.45) is 5.05. The topological polar surface area (TPSA) is 83.5 Å². The number of aryl methyl sites for hydroxylation is 1. The molecule has 128 valence electrons. The third kappa shape index (κ3) is 3.23. The fourth-order valence-electron chi connectivity index (χ4n) is 4.84. The zero-order chi connectivity index (χ0) is 17.1. The number of rotatable bonds is 2. The van der Waals surface area contributed by atoms with Gasteiger partial charge in [0.25, 0.3) is 10.4 Å². The van der Waals surface area contributed by atoms with Crippen LogP contribution in [-0.4, -0.2) is 18.8 Å². The van der Waals surface area contributed by atoms with Crippen molar-refractivity contribution >= 4 is 21.8 Å². The third-order valence-electron chi connectivity index (χ3n) is 6.03. The number of hydrogen-bond donors (Lipinski definition) is 0. The minimum absolute atomic E-state index is 0. The van der Waals surface area contributed by atoms with E-state index < -0.39 is 10.4 Å². The van der Waals surface area contributed by atoms with Gasteiger partial charge in [0.1, 0.15) is 11.5 Å². The van der Waals surface area contributed by atoms with E-state index in [-0.39, 0.29) is 40.7 Å². The monoisotopic (exact) mass is 370 g/mol. The van der Waals surface area contributed by atoms with E-state index in [1.165, 1.54) is 17.2 Å². The average molecular weight is 370 g/mol. The Morgan fingerprint density at radius 3 is 2.68 bits per heavy atom. The van der Waals surface area contributed by atoms with Gasteiger partial charge in [0, 0.05) is 11.8 Å². The molecule has 3 aliphatic rings. The fourth-order valence-corrected chi connectivity index (χ4v) is 5.18. The average Bonchev–Trinajstić information content (AvgIpc) is 2.81. The Balaban J connectivity index is 0.00000182. The third-order valence-corrected chi connectivity index (χ3v) is 6.43. The van der Waals surface area contributed by atoms with Gasteiger partial charge in [0.15, 0.2) is 0 Å². The van der Waals surface area contributed by atoms with Gasteiger partial charge < -0.3 is 8.74 Å². The second kappa shape index (κ2) is 6.50. The number of fused-ring (bicyclic) bond motifs is 4. The first-order chi connectivity index (χ1) is 11.3. The van der Waals surface area contributed by atoms with Crippen molar-refractivity contribution in [1.82, 2.24) is 0 Å². The second-order valence-corrected chi connectivity index (χ2v) is 8.23. The van der Waals surface area contributed by atoms with Gasteiger partial charge >= 0.3 is 29.6 Å². The molecule has 1 unspecified atom stereocenters. The molecule has 0 saturated heterocycles. The molecule has 1 aromatic rings. The van der Waals surface area contributed by atoms with E-state index in [2.05, 4.69) is 11.1 Å². The van der Waals surface area contributed by atoms with E-state index in [0.717, 1.165) is 43.2 Å². The van der Waals surface area contributed by atoms with Crippen molar-refractivity contribution in [2.75, 3.05) is 0 Å². The molecule has 0 aliphatic heterocycles. The molecule has 25 heavy (non-hydrogen) atoms. The van der Waals surface area contributed by atoms with E-state index >= 15 is 0 Å². The van der Waals surface area contributed by atoms with Gasteiger partial charge in [-0.2, -0.15) is 0 Å². The summed E-state index contributed by atoms with van der Waals surface area (Å²) < 4.78 is 36.8. The zero-order valence-electron chi connectivity index (χ0n) is 14.5. The summed E-state index contributed by atoms with van der Waals surface area (Å²) in [5.74, 6) is 0.818. The normalized spacial score (nSPS) is 27.9. The molecule has 1 saturated carbocycles. The van der Waals surface area contributed by atoms with E-state index in [1.54, 1.807) is 6.07 Å². The van der Waals surface area contributed by atoms with Crippen LogP contribution in [0.25, 0.3) is 5.57 Å². The smallest absolute Gasteiger partial charge is 0.716 e. The number of allylic oxidation sites excluding steroid dienone is 2. The van der Waals surface area contributed by atoms with Crippen molar-refractivity contribution in [3.63, 3.8) is 0 Å². The Bertz CT molecular complexity index is 873. The van der Waals surface area contributed by atoms with E-state index in [1.807, 2.05) is 6.07 Å². The maximum absolute atomic E-state index is 12.3. The van der Waals surface area contributed by atoms with Crippen LogP contribution < -0.4 is 33.7 Å². The largest absolute Gasteiger partial charge is 1.00 e. The van der Waals surface area contributed by atoms with Crippen LogP contribution in [0.5, 0.6) is 5.75 Å². The number of carbonyl (C=O) groups is 1. The summed E-state index contributed by atoms with van der Waals surface area (Å²) in [5, 5.41) is 0. The van der Waals surface area contributed by atoms with Crippen molar-refractivity contribution < 1.29 is 51.5 Å². The van der Waals surface area contributed by atoms with Gasteiger partial charge in [-0.3, -0.25) is 4.79 Å². The summed E-state index contributed by atoms with van der Waals surface area (Å²) in [6.45, 7) is 2.11. The Hall–Kier alpha value is -0.660. The molecule has 3 aliphatic carbocycles. The maximum Gasteiger partial charge on any atom is 1.00 e. The van der Waals surface area contributed by atoms with Crippen LogP contribution in [0.15, 0.2) is 23.8 Å². The van der Waals surface area contributed by atoms with Gasteiger partial charge in [-0.05, 0) is 66.9 Å². The van der Waals surface area contributed by atoms with Gasteiger partial charge in [0.05, 0.1) is 0 Å². The van der Waals surface area contributed by atoms with Gasteiger partial charge in [-0.15, -0.1) is 0 Å². The van der Waals surface area contributed by atoms with Gasteiger partial charge in [0.2, 0.25) is 0 Å². The molecule has 0 N–H and O–H groups in total. The van der Waals surface area contributed by atoms with Crippen molar-refractivity contribution in [2.24, 2.45) is 11.3 Å². The minimum atomic E-state index is -4.75. The predicted octanol–water partition coefficient (Wildman–Crippen LogP) is 0.00860. The first-order valence-corrected chi connectivity index (χ1v) is 9.65. The number of hydrogen-bond acceptors (Lipinski definition) is 5. The molecular weight excluding hydrogens is 351 g/mol. The van der Waals surface area contributed by atoms with Gasteiger partial charge in [-0.1, -0.05) is 18.6 Å². The summed E-state index contributed by atoms with van der Waals surface area (Å²) in [5.41, 5.74) is 4.66. The molecular formula is C18H19NaO5S. The fraction of sp³-hybridized carbons (Fsp3) is 0.500. The summed E-state index contributed by atoms with van der Waals surface area (Å²) in [4.78, 5) is 12.3. The predicted molar refractivity (Wildman–Crippen MR) is 87.1 cm³/mol. The maximum atomic E-state index is 12.3. The Morgan fingerprint density at radius 2 is 1.96 bits per heavy atom. The molecule has 2 atom stereocenters. The Kier molecular flexibility index (Phi) is 4.97. The molecule has 0 amide bonds.